The molecule has 0 amide bonds. The van der Waals surface area contributed by atoms with Crippen LogP contribution in [0.3, 0.4) is 0 Å². The zero-order chi connectivity index (χ0) is 11.5. The van der Waals surface area contributed by atoms with Gasteiger partial charge < -0.3 is 9.15 Å². The highest BCUT2D eigenvalue weighted by Gasteiger charge is 2.01. The molecule has 3 heteroatoms. The van der Waals surface area contributed by atoms with E-state index in [4.69, 9.17) is 4.42 Å². The quantitative estimate of drug-likeness (QED) is 0.499. The van der Waals surface area contributed by atoms with E-state index in [1.807, 2.05) is 25.1 Å². The summed E-state index contributed by atoms with van der Waals surface area (Å²) in [4.78, 5) is 10.8. The van der Waals surface area contributed by atoms with E-state index in [9.17, 15) is 4.79 Å². The van der Waals surface area contributed by atoms with Crippen molar-refractivity contribution in [3.8, 4) is 11.8 Å². The molecule has 1 aromatic carbocycles. The Morgan fingerprint density at radius 3 is 2.94 bits per heavy atom. The van der Waals surface area contributed by atoms with E-state index >= 15 is 0 Å². The van der Waals surface area contributed by atoms with Gasteiger partial charge in [-0.3, -0.25) is 0 Å². The summed E-state index contributed by atoms with van der Waals surface area (Å²) in [6, 6.07) is 7.65. The van der Waals surface area contributed by atoms with Crippen molar-refractivity contribution in [1.82, 2.24) is 0 Å². The summed E-state index contributed by atoms with van der Waals surface area (Å²) >= 11 is 0. The normalized spacial score (nSPS) is 9.62. The zero-order valence-corrected chi connectivity index (χ0v) is 9.03. The van der Waals surface area contributed by atoms with Crippen LogP contribution in [-0.2, 0) is 9.53 Å². The maximum absolute atomic E-state index is 10.8. The van der Waals surface area contributed by atoms with E-state index in [1.54, 1.807) is 6.07 Å². The van der Waals surface area contributed by atoms with Gasteiger partial charge >= 0.3 is 5.97 Å². The Morgan fingerprint density at radius 2 is 2.19 bits per heavy atom. The van der Waals surface area contributed by atoms with Gasteiger partial charge in [-0.15, -0.1) is 0 Å². The van der Waals surface area contributed by atoms with Crippen LogP contribution >= 0.6 is 0 Å². The molecule has 0 bridgehead atoms. The number of carbonyl (C=O) groups excluding carboxylic acids is 1. The lowest BCUT2D eigenvalue weighted by Gasteiger charge is -1.89. The molecule has 0 fully saturated rings. The molecule has 80 valence electrons. The number of methoxy groups -OCH3 is 1. The first-order valence-electron chi connectivity index (χ1n) is 4.79. The summed E-state index contributed by atoms with van der Waals surface area (Å²) in [6.45, 7) is 2.01. The van der Waals surface area contributed by atoms with Crippen LogP contribution in [0.4, 0.5) is 0 Å². The first kappa shape index (κ1) is 10.3. The summed E-state index contributed by atoms with van der Waals surface area (Å²) in [5.41, 5.74) is 1.92. The van der Waals surface area contributed by atoms with E-state index in [0.717, 1.165) is 16.5 Å². The van der Waals surface area contributed by atoms with Gasteiger partial charge in [0.25, 0.3) is 0 Å². The Morgan fingerprint density at radius 1 is 1.38 bits per heavy atom. The average Bonchev–Trinajstić information content (AvgIpc) is 2.67. The molecule has 1 aromatic heterocycles. The lowest BCUT2D eigenvalue weighted by atomic mass is 10.2. The Hall–Kier alpha value is -2.21. The third-order valence-electron chi connectivity index (χ3n) is 2.14. The largest absolute Gasteiger partial charge is 0.459 e. The van der Waals surface area contributed by atoms with Crippen LogP contribution in [0, 0.1) is 18.8 Å². The monoisotopic (exact) mass is 214 g/mol. The number of aryl methyl sites for hydroxylation is 1. The van der Waals surface area contributed by atoms with Crippen molar-refractivity contribution in [3.05, 3.63) is 35.6 Å². The number of esters is 1. The fourth-order valence-electron chi connectivity index (χ4n) is 1.39. The third-order valence-corrected chi connectivity index (χ3v) is 2.14. The molecule has 0 saturated heterocycles. The lowest BCUT2D eigenvalue weighted by Crippen LogP contribution is -1.94. The van der Waals surface area contributed by atoms with Gasteiger partial charge in [-0.25, -0.2) is 4.79 Å². The Labute approximate surface area is 93.0 Å². The molecule has 1 heterocycles. The molecule has 0 atom stereocenters. The molecule has 0 aliphatic rings. The van der Waals surface area contributed by atoms with Gasteiger partial charge in [-0.2, -0.15) is 0 Å². The molecule has 16 heavy (non-hydrogen) atoms. The zero-order valence-electron chi connectivity index (χ0n) is 9.03. The van der Waals surface area contributed by atoms with Crippen LogP contribution in [0.5, 0.6) is 0 Å². The first-order valence-corrected chi connectivity index (χ1v) is 4.79. The second-order valence-corrected chi connectivity index (χ2v) is 3.39. The number of carbonyl (C=O) groups is 1. The van der Waals surface area contributed by atoms with Gasteiger partial charge in [0.05, 0.1) is 7.11 Å². The van der Waals surface area contributed by atoms with Gasteiger partial charge in [-0.1, -0.05) is 11.6 Å². The summed E-state index contributed by atoms with van der Waals surface area (Å²) in [5.74, 6) is 4.82. The van der Waals surface area contributed by atoms with E-state index in [0.29, 0.717) is 5.76 Å². The molecule has 0 aliphatic carbocycles. The molecule has 0 N–H and O–H groups in total. The van der Waals surface area contributed by atoms with Crippen molar-refractivity contribution >= 4 is 16.9 Å². The van der Waals surface area contributed by atoms with Crippen LogP contribution in [0.15, 0.2) is 28.7 Å². The van der Waals surface area contributed by atoms with E-state index in [2.05, 4.69) is 16.6 Å². The van der Waals surface area contributed by atoms with Crippen molar-refractivity contribution in [2.75, 3.05) is 7.11 Å². The standard InChI is InChI=1S/C13H10O3/c1-9-3-5-12-10(7-9)8-11(16-12)4-6-13(14)15-2/h3,5,7-8H,1-2H3. The van der Waals surface area contributed by atoms with Crippen molar-refractivity contribution in [2.24, 2.45) is 0 Å². The van der Waals surface area contributed by atoms with E-state index in [-0.39, 0.29) is 0 Å². The molecule has 3 nitrogen and oxygen atoms in total. The number of rotatable bonds is 0. The van der Waals surface area contributed by atoms with Crippen LogP contribution in [0.2, 0.25) is 0 Å². The molecule has 0 unspecified atom stereocenters. The Kier molecular flexibility index (Phi) is 2.65. The highest BCUT2D eigenvalue weighted by atomic mass is 16.5. The highest BCUT2D eigenvalue weighted by molar-refractivity contribution is 5.89. The summed E-state index contributed by atoms with van der Waals surface area (Å²) in [6.07, 6.45) is 0. The second-order valence-electron chi connectivity index (χ2n) is 3.39. The van der Waals surface area contributed by atoms with Crippen molar-refractivity contribution in [3.63, 3.8) is 0 Å². The Balaban J connectivity index is 2.39. The molecule has 0 radical (unpaired) electrons. The van der Waals surface area contributed by atoms with Crippen molar-refractivity contribution < 1.29 is 13.9 Å². The minimum absolute atomic E-state index is 0.464. The fourth-order valence-corrected chi connectivity index (χ4v) is 1.39. The number of fused-ring (bicyclic) bond motifs is 1. The number of furan rings is 1. The molecule has 2 rings (SSSR count). The predicted octanol–water partition coefficient (Wildman–Crippen LogP) is 2.27. The number of hydrogen-bond donors (Lipinski definition) is 0. The molecular weight excluding hydrogens is 204 g/mol. The number of ether oxygens (including phenoxy) is 1. The Bertz CT molecular complexity index is 596. The third kappa shape index (κ3) is 2.06. The number of benzene rings is 1. The van der Waals surface area contributed by atoms with Gasteiger partial charge in [0, 0.05) is 17.4 Å². The average molecular weight is 214 g/mol. The van der Waals surface area contributed by atoms with Gasteiger partial charge in [0.1, 0.15) is 5.58 Å². The van der Waals surface area contributed by atoms with Crippen LogP contribution in [-0.4, -0.2) is 13.1 Å². The van der Waals surface area contributed by atoms with Crippen LogP contribution in [0.1, 0.15) is 11.3 Å². The number of hydrogen-bond acceptors (Lipinski definition) is 3. The topological polar surface area (TPSA) is 39.4 Å². The maximum atomic E-state index is 10.8. The van der Waals surface area contributed by atoms with Crippen molar-refractivity contribution in [1.29, 1.82) is 0 Å². The predicted molar refractivity (Wildman–Crippen MR) is 59.8 cm³/mol. The first-order chi connectivity index (χ1) is 7.69. The molecule has 0 saturated carbocycles. The van der Waals surface area contributed by atoms with Gasteiger partial charge in [0.15, 0.2) is 5.76 Å². The summed E-state index contributed by atoms with van der Waals surface area (Å²) in [7, 11) is 1.29. The molecule has 0 spiro atoms. The lowest BCUT2D eigenvalue weighted by molar-refractivity contribution is -0.133. The van der Waals surface area contributed by atoms with E-state index < -0.39 is 5.97 Å². The van der Waals surface area contributed by atoms with E-state index in [1.165, 1.54) is 7.11 Å². The highest BCUT2D eigenvalue weighted by Crippen LogP contribution is 2.19. The molecular formula is C13H10O3. The summed E-state index contributed by atoms with van der Waals surface area (Å²) in [5, 5.41) is 0.981. The van der Waals surface area contributed by atoms with Gasteiger partial charge in [0.2, 0.25) is 0 Å². The van der Waals surface area contributed by atoms with Crippen molar-refractivity contribution in [2.45, 2.75) is 6.92 Å². The minimum atomic E-state index is -0.573. The fraction of sp³-hybridized carbons (Fsp3) is 0.154. The van der Waals surface area contributed by atoms with Crippen LogP contribution < -0.4 is 0 Å². The molecule has 2 aromatic rings. The maximum Gasteiger partial charge on any atom is 0.384 e. The van der Waals surface area contributed by atoms with Crippen LogP contribution in [0.25, 0.3) is 11.0 Å². The minimum Gasteiger partial charge on any atom is -0.459 e. The molecule has 0 aliphatic heterocycles. The SMILES string of the molecule is COC(=O)C#Cc1cc2cc(C)ccc2o1. The smallest absolute Gasteiger partial charge is 0.384 e. The second kappa shape index (κ2) is 4.11. The summed E-state index contributed by atoms with van der Waals surface area (Å²) < 4.78 is 9.85. The van der Waals surface area contributed by atoms with Gasteiger partial charge in [-0.05, 0) is 25.0 Å².